The minimum absolute atomic E-state index is 0.0475. The van der Waals surface area contributed by atoms with E-state index in [1.54, 1.807) is 25.2 Å². The Morgan fingerprint density at radius 3 is 2.79 bits per heavy atom. The summed E-state index contributed by atoms with van der Waals surface area (Å²) in [5.74, 6) is 0.423. The van der Waals surface area contributed by atoms with E-state index in [9.17, 15) is 4.79 Å². The first kappa shape index (κ1) is 15.6. The van der Waals surface area contributed by atoms with Crippen LogP contribution in [0.2, 0.25) is 0 Å². The fraction of sp³-hybridized carbons (Fsp3) is 0.611. The van der Waals surface area contributed by atoms with Gasteiger partial charge in [-0.15, -0.1) is 0 Å². The lowest BCUT2D eigenvalue weighted by molar-refractivity contribution is 0.0829. The molecule has 6 heteroatoms. The molecule has 1 aliphatic heterocycles. The molecule has 1 amide bonds. The zero-order valence-corrected chi connectivity index (χ0v) is 14.5. The van der Waals surface area contributed by atoms with Gasteiger partial charge in [-0.3, -0.25) is 9.69 Å². The van der Waals surface area contributed by atoms with Crippen molar-refractivity contribution in [2.45, 2.75) is 44.1 Å². The van der Waals surface area contributed by atoms with Gasteiger partial charge in [-0.2, -0.15) is 5.10 Å². The van der Waals surface area contributed by atoms with Gasteiger partial charge in [0, 0.05) is 38.8 Å². The van der Waals surface area contributed by atoms with Crippen molar-refractivity contribution in [2.24, 2.45) is 0 Å². The Labute approximate surface area is 142 Å². The van der Waals surface area contributed by atoms with E-state index < -0.39 is 0 Å². The summed E-state index contributed by atoms with van der Waals surface area (Å²) in [6, 6.07) is 2.84. The first-order valence-electron chi connectivity index (χ1n) is 8.93. The van der Waals surface area contributed by atoms with Crippen molar-refractivity contribution in [2.75, 3.05) is 27.2 Å². The summed E-state index contributed by atoms with van der Waals surface area (Å²) in [7, 11) is 3.51. The summed E-state index contributed by atoms with van der Waals surface area (Å²) in [6.07, 6.45) is 10.1. The van der Waals surface area contributed by atoms with Crippen LogP contribution in [0.3, 0.4) is 0 Å². The maximum Gasteiger partial charge on any atom is 0.258 e. The Balaban J connectivity index is 1.62. The van der Waals surface area contributed by atoms with Crippen molar-refractivity contribution in [1.82, 2.24) is 24.4 Å². The third-order valence-corrected chi connectivity index (χ3v) is 5.55. The molecule has 2 aliphatic rings. The predicted molar refractivity (Wildman–Crippen MR) is 92.2 cm³/mol. The number of hydrogen-bond acceptors (Lipinski definition) is 4. The zero-order chi connectivity index (χ0) is 16.7. The molecule has 4 rings (SSSR count). The van der Waals surface area contributed by atoms with E-state index in [1.165, 1.54) is 37.9 Å². The molecular formula is C18H25N5O. The second-order valence-corrected chi connectivity index (χ2v) is 7.28. The number of rotatable bonds is 3. The summed E-state index contributed by atoms with van der Waals surface area (Å²) in [5, 5.41) is 4.48. The Hall–Kier alpha value is -1.95. The first-order valence-corrected chi connectivity index (χ1v) is 8.93. The molecule has 0 spiro atoms. The van der Waals surface area contributed by atoms with Crippen molar-refractivity contribution in [3.63, 3.8) is 0 Å². The maximum atomic E-state index is 12.3. The van der Waals surface area contributed by atoms with E-state index in [4.69, 9.17) is 0 Å². The van der Waals surface area contributed by atoms with Crippen LogP contribution in [-0.2, 0) is 0 Å². The van der Waals surface area contributed by atoms with Crippen LogP contribution in [0.5, 0.6) is 0 Å². The van der Waals surface area contributed by atoms with Gasteiger partial charge in [0.1, 0.15) is 5.56 Å². The Morgan fingerprint density at radius 1 is 1.25 bits per heavy atom. The molecule has 2 fully saturated rings. The van der Waals surface area contributed by atoms with Crippen LogP contribution < -0.4 is 0 Å². The summed E-state index contributed by atoms with van der Waals surface area (Å²) < 4.78 is 1.87. The van der Waals surface area contributed by atoms with Gasteiger partial charge >= 0.3 is 0 Å². The van der Waals surface area contributed by atoms with Gasteiger partial charge in [0.25, 0.3) is 5.91 Å². The highest BCUT2D eigenvalue weighted by molar-refractivity contribution is 5.99. The third kappa shape index (κ3) is 2.59. The molecular weight excluding hydrogens is 302 g/mol. The normalized spacial score (nSPS) is 22.5. The van der Waals surface area contributed by atoms with Gasteiger partial charge in [-0.25, -0.2) is 9.50 Å². The molecule has 1 unspecified atom stereocenters. The quantitative estimate of drug-likeness (QED) is 0.867. The minimum atomic E-state index is -0.0475. The van der Waals surface area contributed by atoms with Crippen LogP contribution >= 0.6 is 0 Å². The van der Waals surface area contributed by atoms with Crippen LogP contribution in [-0.4, -0.2) is 63.5 Å². The molecule has 3 heterocycles. The SMILES string of the molecule is CN(C)C(=O)c1cnn2c(C3CCN(C4CCCC4)C3)ccnc12. The van der Waals surface area contributed by atoms with Gasteiger partial charge in [0.2, 0.25) is 0 Å². The molecule has 1 atom stereocenters. The number of likely N-dealkylation sites (tertiary alicyclic amines) is 1. The second-order valence-electron chi connectivity index (χ2n) is 7.28. The van der Waals surface area contributed by atoms with Crippen molar-refractivity contribution in [3.05, 3.63) is 29.7 Å². The number of fused-ring (bicyclic) bond motifs is 1. The third-order valence-electron chi connectivity index (χ3n) is 5.55. The predicted octanol–water partition coefficient (Wildman–Crippen LogP) is 2.16. The molecule has 1 saturated carbocycles. The largest absolute Gasteiger partial charge is 0.345 e. The average molecular weight is 327 g/mol. The number of nitrogens with zero attached hydrogens (tertiary/aromatic N) is 5. The molecule has 0 aromatic carbocycles. The van der Waals surface area contributed by atoms with Crippen LogP contribution in [0.15, 0.2) is 18.5 Å². The number of aromatic nitrogens is 3. The standard InChI is InChI=1S/C18H25N5O/c1-21(2)18(24)15-11-20-23-16(7-9-19-17(15)23)13-8-10-22(12-13)14-5-3-4-6-14/h7,9,11,13-14H,3-6,8,10,12H2,1-2H3. The Bertz CT molecular complexity index is 747. The van der Waals surface area contributed by atoms with E-state index >= 15 is 0 Å². The van der Waals surface area contributed by atoms with Crippen molar-refractivity contribution >= 4 is 11.6 Å². The van der Waals surface area contributed by atoms with Crippen LogP contribution in [0.4, 0.5) is 0 Å². The van der Waals surface area contributed by atoms with Crippen molar-refractivity contribution in [1.29, 1.82) is 0 Å². The van der Waals surface area contributed by atoms with E-state index in [2.05, 4.69) is 21.0 Å². The van der Waals surface area contributed by atoms with E-state index in [1.807, 2.05) is 10.7 Å². The monoisotopic (exact) mass is 327 g/mol. The molecule has 1 saturated heterocycles. The summed E-state index contributed by atoms with van der Waals surface area (Å²) in [4.78, 5) is 20.9. The molecule has 128 valence electrons. The fourth-order valence-corrected chi connectivity index (χ4v) is 4.24. The van der Waals surface area contributed by atoms with E-state index in [0.717, 1.165) is 19.0 Å². The summed E-state index contributed by atoms with van der Waals surface area (Å²) in [6.45, 7) is 2.27. The van der Waals surface area contributed by atoms with Gasteiger partial charge in [0.05, 0.1) is 11.9 Å². The molecule has 0 radical (unpaired) electrons. The lowest BCUT2D eigenvalue weighted by atomic mass is 10.0. The highest BCUT2D eigenvalue weighted by atomic mass is 16.2. The number of amides is 1. The molecule has 24 heavy (non-hydrogen) atoms. The zero-order valence-electron chi connectivity index (χ0n) is 14.5. The molecule has 1 aliphatic carbocycles. The molecule has 0 N–H and O–H groups in total. The van der Waals surface area contributed by atoms with Crippen molar-refractivity contribution < 1.29 is 4.79 Å². The lowest BCUT2D eigenvalue weighted by Crippen LogP contribution is -2.30. The van der Waals surface area contributed by atoms with Gasteiger partial charge in [-0.05, 0) is 31.9 Å². The topological polar surface area (TPSA) is 53.7 Å². The Morgan fingerprint density at radius 2 is 2.04 bits per heavy atom. The Kier molecular flexibility index (Phi) is 4.00. The molecule has 0 bridgehead atoms. The molecule has 6 nitrogen and oxygen atoms in total. The second kappa shape index (κ2) is 6.16. The summed E-state index contributed by atoms with van der Waals surface area (Å²) >= 11 is 0. The number of carbonyl (C=O) groups is 1. The van der Waals surface area contributed by atoms with E-state index in [-0.39, 0.29) is 5.91 Å². The minimum Gasteiger partial charge on any atom is -0.345 e. The highest BCUT2D eigenvalue weighted by Crippen LogP contribution is 2.33. The number of hydrogen-bond donors (Lipinski definition) is 0. The highest BCUT2D eigenvalue weighted by Gasteiger charge is 2.32. The summed E-state index contributed by atoms with van der Waals surface area (Å²) in [5.41, 5.74) is 2.43. The van der Waals surface area contributed by atoms with Gasteiger partial charge in [0.15, 0.2) is 5.65 Å². The molecule has 2 aromatic rings. The fourth-order valence-electron chi connectivity index (χ4n) is 4.24. The lowest BCUT2D eigenvalue weighted by Gasteiger charge is -2.23. The first-order chi connectivity index (χ1) is 11.6. The van der Waals surface area contributed by atoms with Crippen LogP contribution in [0, 0.1) is 0 Å². The van der Waals surface area contributed by atoms with Crippen molar-refractivity contribution in [3.8, 4) is 0 Å². The van der Waals surface area contributed by atoms with Crippen LogP contribution in [0.25, 0.3) is 5.65 Å². The number of carbonyl (C=O) groups excluding carboxylic acids is 1. The van der Waals surface area contributed by atoms with E-state index in [0.29, 0.717) is 17.1 Å². The maximum absolute atomic E-state index is 12.3. The van der Waals surface area contributed by atoms with Gasteiger partial charge in [-0.1, -0.05) is 12.8 Å². The average Bonchev–Trinajstić information content (AvgIpc) is 3.31. The molecule has 2 aromatic heterocycles. The van der Waals surface area contributed by atoms with Crippen LogP contribution in [0.1, 0.15) is 54.1 Å². The smallest absolute Gasteiger partial charge is 0.258 e. The van der Waals surface area contributed by atoms with Gasteiger partial charge < -0.3 is 4.90 Å².